The number of aryl methyl sites for hydroxylation is 1. The van der Waals surface area contributed by atoms with Crippen molar-refractivity contribution in [2.45, 2.75) is 32.2 Å². The van der Waals surface area contributed by atoms with Gasteiger partial charge in [0.05, 0.1) is 6.26 Å². The van der Waals surface area contributed by atoms with E-state index in [9.17, 15) is 12.8 Å². The topological polar surface area (TPSA) is 63.4 Å². The number of nitrogens with zero attached hydrogens (tertiary/aromatic N) is 1. The molecule has 0 aliphatic carbocycles. The Bertz CT molecular complexity index is 604. The molecule has 1 fully saturated rings. The lowest BCUT2D eigenvalue weighted by molar-refractivity contribution is 0.247. The molecule has 1 saturated heterocycles. The van der Waals surface area contributed by atoms with Gasteiger partial charge in [-0.2, -0.15) is 0 Å². The molecule has 0 spiro atoms. The Morgan fingerprint density at radius 2 is 2.19 bits per heavy atom. The quantitative estimate of drug-likeness (QED) is 0.926. The monoisotopic (exact) mass is 314 g/mol. The minimum Gasteiger partial charge on any atom is -0.324 e. The summed E-state index contributed by atoms with van der Waals surface area (Å²) in [7, 11) is -3.13. The van der Waals surface area contributed by atoms with E-state index in [2.05, 4.69) is 0 Å². The van der Waals surface area contributed by atoms with E-state index in [4.69, 9.17) is 5.73 Å². The van der Waals surface area contributed by atoms with Crippen LogP contribution in [0.4, 0.5) is 4.39 Å². The van der Waals surface area contributed by atoms with E-state index < -0.39 is 10.0 Å². The molecule has 118 valence electrons. The van der Waals surface area contributed by atoms with Gasteiger partial charge in [-0.05, 0) is 49.3 Å². The van der Waals surface area contributed by atoms with Crippen molar-refractivity contribution in [3.8, 4) is 0 Å². The summed E-state index contributed by atoms with van der Waals surface area (Å²) in [5, 5.41) is 0. The van der Waals surface area contributed by atoms with Gasteiger partial charge in [-0.3, -0.25) is 0 Å². The molecular formula is C15H23FN2O2S. The molecule has 0 radical (unpaired) electrons. The molecular weight excluding hydrogens is 291 g/mol. The molecule has 1 aliphatic rings. The minimum atomic E-state index is -3.13. The average molecular weight is 314 g/mol. The zero-order valence-electron chi connectivity index (χ0n) is 12.5. The molecule has 2 unspecified atom stereocenters. The van der Waals surface area contributed by atoms with Gasteiger partial charge in [0.25, 0.3) is 0 Å². The number of piperidine rings is 1. The number of hydrogen-bond acceptors (Lipinski definition) is 3. The number of nitrogens with two attached hydrogens (primary N) is 1. The Labute approximate surface area is 126 Å². The molecule has 0 aromatic heterocycles. The maximum atomic E-state index is 13.3. The van der Waals surface area contributed by atoms with Crippen molar-refractivity contribution < 1.29 is 12.8 Å². The maximum Gasteiger partial charge on any atom is 0.211 e. The Morgan fingerprint density at radius 3 is 2.81 bits per heavy atom. The van der Waals surface area contributed by atoms with Gasteiger partial charge in [-0.15, -0.1) is 0 Å². The van der Waals surface area contributed by atoms with Crippen molar-refractivity contribution in [1.29, 1.82) is 0 Å². The summed E-state index contributed by atoms with van der Waals surface area (Å²) in [6.07, 6.45) is 3.82. The molecule has 2 rings (SSSR count). The van der Waals surface area contributed by atoms with Crippen molar-refractivity contribution in [3.05, 3.63) is 35.1 Å². The third kappa shape index (κ3) is 4.25. The largest absolute Gasteiger partial charge is 0.324 e. The highest BCUT2D eigenvalue weighted by Gasteiger charge is 2.27. The average Bonchev–Trinajstić information content (AvgIpc) is 2.41. The smallest absolute Gasteiger partial charge is 0.211 e. The van der Waals surface area contributed by atoms with Crippen LogP contribution < -0.4 is 5.73 Å². The summed E-state index contributed by atoms with van der Waals surface area (Å²) in [6.45, 7) is 2.85. The van der Waals surface area contributed by atoms with E-state index in [0.717, 1.165) is 24.8 Å². The first-order valence-corrected chi connectivity index (χ1v) is 9.09. The second-order valence-electron chi connectivity index (χ2n) is 5.98. The second-order valence-corrected chi connectivity index (χ2v) is 7.96. The molecule has 2 N–H and O–H groups in total. The number of benzene rings is 1. The summed E-state index contributed by atoms with van der Waals surface area (Å²) in [5.74, 6) is 0.0284. The van der Waals surface area contributed by atoms with Gasteiger partial charge < -0.3 is 5.73 Å². The maximum absolute atomic E-state index is 13.3. The van der Waals surface area contributed by atoms with Crippen LogP contribution in [0.25, 0.3) is 0 Å². The number of rotatable bonds is 4. The van der Waals surface area contributed by atoms with E-state index in [1.807, 2.05) is 0 Å². The highest BCUT2D eigenvalue weighted by molar-refractivity contribution is 7.88. The Balaban J connectivity index is 2.02. The Kier molecular flexibility index (Phi) is 5.01. The molecule has 4 nitrogen and oxygen atoms in total. The molecule has 21 heavy (non-hydrogen) atoms. The zero-order valence-corrected chi connectivity index (χ0v) is 13.4. The standard InChI is InChI=1S/C15H23FN2O2S/c1-11-8-13(5-6-14(11)16)15(17)9-12-4-3-7-18(10-12)21(2,19)20/h5-6,8,12,15H,3-4,7,9-10,17H2,1-2H3. The highest BCUT2D eigenvalue weighted by atomic mass is 32.2. The van der Waals surface area contributed by atoms with Crippen molar-refractivity contribution in [2.24, 2.45) is 11.7 Å². The summed E-state index contributed by atoms with van der Waals surface area (Å²) < 4.78 is 38.1. The van der Waals surface area contributed by atoms with E-state index in [1.165, 1.54) is 16.6 Å². The van der Waals surface area contributed by atoms with Gasteiger partial charge in [-0.25, -0.2) is 17.1 Å². The molecule has 1 aromatic rings. The predicted molar refractivity (Wildman–Crippen MR) is 81.8 cm³/mol. The fourth-order valence-corrected chi connectivity index (χ4v) is 3.86. The van der Waals surface area contributed by atoms with Crippen LogP contribution in [-0.4, -0.2) is 32.1 Å². The second kappa shape index (κ2) is 6.42. The highest BCUT2D eigenvalue weighted by Crippen LogP contribution is 2.27. The third-order valence-corrected chi connectivity index (χ3v) is 5.42. The molecule has 1 aliphatic heterocycles. The fourth-order valence-electron chi connectivity index (χ4n) is 2.91. The van der Waals surface area contributed by atoms with Crippen molar-refractivity contribution in [3.63, 3.8) is 0 Å². The first-order chi connectivity index (χ1) is 9.77. The fraction of sp³-hybridized carbons (Fsp3) is 0.600. The van der Waals surface area contributed by atoms with Gasteiger partial charge >= 0.3 is 0 Å². The summed E-state index contributed by atoms with van der Waals surface area (Å²) in [6, 6.07) is 4.74. The molecule has 0 bridgehead atoms. The van der Waals surface area contributed by atoms with E-state index in [-0.39, 0.29) is 17.8 Å². The van der Waals surface area contributed by atoms with Crippen LogP contribution >= 0.6 is 0 Å². The lowest BCUT2D eigenvalue weighted by Gasteiger charge is -2.32. The van der Waals surface area contributed by atoms with Crippen molar-refractivity contribution >= 4 is 10.0 Å². The van der Waals surface area contributed by atoms with Crippen LogP contribution in [0.2, 0.25) is 0 Å². The normalized spacial score (nSPS) is 22.2. The van der Waals surface area contributed by atoms with Gasteiger partial charge in [0.15, 0.2) is 0 Å². The van der Waals surface area contributed by atoms with Gasteiger partial charge in [-0.1, -0.05) is 12.1 Å². The predicted octanol–water partition coefficient (Wildman–Crippen LogP) is 2.20. The van der Waals surface area contributed by atoms with Crippen LogP contribution in [0.5, 0.6) is 0 Å². The van der Waals surface area contributed by atoms with E-state index in [0.29, 0.717) is 18.7 Å². The van der Waals surface area contributed by atoms with Crippen LogP contribution in [0, 0.1) is 18.7 Å². The molecule has 2 atom stereocenters. The van der Waals surface area contributed by atoms with Gasteiger partial charge in [0.1, 0.15) is 5.82 Å². The van der Waals surface area contributed by atoms with Crippen LogP contribution in [-0.2, 0) is 10.0 Å². The van der Waals surface area contributed by atoms with Crippen LogP contribution in [0.1, 0.15) is 36.4 Å². The Hall–Kier alpha value is -0.980. The number of sulfonamides is 1. The number of halogens is 1. The molecule has 1 aromatic carbocycles. The summed E-state index contributed by atoms with van der Waals surface area (Å²) in [5.41, 5.74) is 7.70. The van der Waals surface area contributed by atoms with Crippen molar-refractivity contribution in [2.75, 3.05) is 19.3 Å². The minimum absolute atomic E-state index is 0.186. The Morgan fingerprint density at radius 1 is 1.48 bits per heavy atom. The van der Waals surface area contributed by atoms with Crippen molar-refractivity contribution in [1.82, 2.24) is 4.31 Å². The molecule has 6 heteroatoms. The lowest BCUT2D eigenvalue weighted by atomic mass is 9.89. The zero-order chi connectivity index (χ0) is 15.6. The van der Waals surface area contributed by atoms with Gasteiger partial charge in [0.2, 0.25) is 10.0 Å². The molecule has 1 heterocycles. The summed E-state index contributed by atoms with van der Waals surface area (Å²) in [4.78, 5) is 0. The van der Waals surface area contributed by atoms with Crippen LogP contribution in [0.15, 0.2) is 18.2 Å². The summed E-state index contributed by atoms with van der Waals surface area (Å²) >= 11 is 0. The van der Waals surface area contributed by atoms with Gasteiger partial charge in [0, 0.05) is 19.1 Å². The molecule has 0 amide bonds. The number of hydrogen-bond donors (Lipinski definition) is 1. The van der Waals surface area contributed by atoms with Crippen LogP contribution in [0.3, 0.4) is 0 Å². The van der Waals surface area contributed by atoms with E-state index in [1.54, 1.807) is 19.1 Å². The lowest BCUT2D eigenvalue weighted by Crippen LogP contribution is -2.40. The SMILES string of the molecule is Cc1cc(C(N)CC2CCCN(S(C)(=O)=O)C2)ccc1F. The van der Waals surface area contributed by atoms with E-state index >= 15 is 0 Å². The third-order valence-electron chi connectivity index (χ3n) is 4.15. The molecule has 0 saturated carbocycles. The first kappa shape index (κ1) is 16.4. The first-order valence-electron chi connectivity index (χ1n) is 7.24.